The van der Waals surface area contributed by atoms with Gasteiger partial charge >= 0.3 is 0 Å². The van der Waals surface area contributed by atoms with Crippen LogP contribution in [-0.2, 0) is 0 Å². The molecular weight excluding hydrogens is 923 g/mol. The summed E-state index contributed by atoms with van der Waals surface area (Å²) in [6.45, 7) is 0. The van der Waals surface area contributed by atoms with Gasteiger partial charge in [0.2, 0.25) is 0 Å². The quantitative estimate of drug-likeness (QED) is 0.144. The molecule has 356 valence electrons. The molecular formula is C72H47N3O. The summed E-state index contributed by atoms with van der Waals surface area (Å²) in [4.78, 5) is 2.35. The standard InChI is InChI=1S/C72H47N3O/c1-3-14-55(15-4-1)74-68-24-11-8-19-62(68)66-46-53(37-45-69(66)74)51-32-40-58(41-33-51)73(59-42-34-52(35-43-59)60-21-13-22-65-64-20-9-12-25-71(64)76-72(60)65)57-38-30-49(31-39-57)48-26-28-50(29-27-48)54-36-44-63-61-18-7-10-23-67(61)75(70(63)47-54)56-16-5-2-6-17-56/h1-47H. The van der Waals surface area contributed by atoms with Crippen LogP contribution < -0.4 is 4.90 Å². The van der Waals surface area contributed by atoms with Crippen molar-refractivity contribution in [3.05, 3.63) is 285 Å². The maximum Gasteiger partial charge on any atom is 0.143 e. The SMILES string of the molecule is c1ccc(-n2c3ccccc3c3cc(-c4ccc(N(c5ccc(-c6ccc(-c7ccc8c9ccccc9n(-c9ccccc9)c8c7)cc6)cc5)c5ccc(-c6cccc7c6oc6ccccc67)cc5)cc4)ccc32)cc1. The van der Waals surface area contributed by atoms with E-state index in [0.717, 1.165) is 72.6 Å². The second kappa shape index (κ2) is 17.8. The lowest BCUT2D eigenvalue weighted by atomic mass is 9.99. The van der Waals surface area contributed by atoms with Crippen LogP contribution in [0.15, 0.2) is 290 Å². The largest absolute Gasteiger partial charge is 0.455 e. The van der Waals surface area contributed by atoms with E-state index in [1.54, 1.807) is 0 Å². The van der Waals surface area contributed by atoms with E-state index in [1.165, 1.54) is 65.9 Å². The molecule has 0 unspecified atom stereocenters. The van der Waals surface area contributed by atoms with E-state index in [0.29, 0.717) is 0 Å². The van der Waals surface area contributed by atoms with E-state index < -0.39 is 0 Å². The Balaban J connectivity index is 0.776. The maximum atomic E-state index is 6.48. The molecule has 76 heavy (non-hydrogen) atoms. The predicted octanol–water partition coefficient (Wildman–Crippen LogP) is 19.9. The second-order valence-electron chi connectivity index (χ2n) is 19.7. The van der Waals surface area contributed by atoms with Gasteiger partial charge in [0.05, 0.1) is 22.1 Å². The zero-order chi connectivity index (χ0) is 50.1. The highest BCUT2D eigenvalue weighted by molar-refractivity contribution is 6.12. The molecule has 0 saturated heterocycles. The Morgan fingerprint density at radius 3 is 1.26 bits per heavy atom. The number of para-hydroxylation sites is 6. The minimum Gasteiger partial charge on any atom is -0.455 e. The first-order chi connectivity index (χ1) is 37.7. The Kier molecular flexibility index (Phi) is 10.2. The number of hydrogen-bond donors (Lipinski definition) is 0. The van der Waals surface area contributed by atoms with Gasteiger partial charge in [-0.15, -0.1) is 0 Å². The fourth-order valence-corrected chi connectivity index (χ4v) is 11.7. The first kappa shape index (κ1) is 43.4. The van der Waals surface area contributed by atoms with Crippen LogP contribution in [0.1, 0.15) is 0 Å². The third kappa shape index (κ3) is 7.22. The van der Waals surface area contributed by atoms with Gasteiger partial charge < -0.3 is 18.5 Å². The molecule has 0 amide bonds. The van der Waals surface area contributed by atoms with Gasteiger partial charge in [0.25, 0.3) is 0 Å². The number of anilines is 3. The number of rotatable bonds is 9. The van der Waals surface area contributed by atoms with Gasteiger partial charge in [-0.25, -0.2) is 0 Å². The predicted molar refractivity (Wildman–Crippen MR) is 319 cm³/mol. The number of hydrogen-bond acceptors (Lipinski definition) is 2. The molecule has 0 aliphatic rings. The van der Waals surface area contributed by atoms with Gasteiger partial charge in [-0.2, -0.15) is 0 Å². The third-order valence-corrected chi connectivity index (χ3v) is 15.4. The van der Waals surface area contributed by atoms with Crippen LogP contribution in [0.3, 0.4) is 0 Å². The summed E-state index contributed by atoms with van der Waals surface area (Å²) in [5, 5.41) is 7.24. The van der Waals surface area contributed by atoms with Crippen LogP contribution in [-0.4, -0.2) is 9.13 Å². The molecule has 0 aliphatic heterocycles. The normalized spacial score (nSPS) is 11.7. The minimum absolute atomic E-state index is 0.899. The molecule has 0 N–H and O–H groups in total. The van der Waals surface area contributed by atoms with Gasteiger partial charge in [0, 0.05) is 66.3 Å². The molecule has 0 fully saturated rings. The van der Waals surface area contributed by atoms with Crippen LogP contribution in [0.2, 0.25) is 0 Å². The van der Waals surface area contributed by atoms with Gasteiger partial charge in [-0.1, -0.05) is 188 Å². The lowest BCUT2D eigenvalue weighted by molar-refractivity contribution is 0.670. The van der Waals surface area contributed by atoms with Crippen molar-refractivity contribution in [2.45, 2.75) is 0 Å². The summed E-state index contributed by atoms with van der Waals surface area (Å²) in [6.07, 6.45) is 0. The topological polar surface area (TPSA) is 26.2 Å². The molecule has 0 radical (unpaired) electrons. The molecule has 3 aromatic heterocycles. The Morgan fingerprint density at radius 1 is 0.250 bits per heavy atom. The summed E-state index contributed by atoms with van der Waals surface area (Å²) in [5.41, 5.74) is 21.3. The minimum atomic E-state index is 0.899. The Bertz CT molecular complexity index is 4640. The fraction of sp³-hybridized carbons (Fsp3) is 0. The van der Waals surface area contributed by atoms with Crippen molar-refractivity contribution < 1.29 is 4.42 Å². The van der Waals surface area contributed by atoms with Gasteiger partial charge in [-0.05, 0) is 136 Å². The van der Waals surface area contributed by atoms with Gasteiger partial charge in [0.1, 0.15) is 11.2 Å². The van der Waals surface area contributed by atoms with Crippen LogP contribution >= 0.6 is 0 Å². The van der Waals surface area contributed by atoms with E-state index in [-0.39, 0.29) is 0 Å². The van der Waals surface area contributed by atoms with Crippen LogP contribution in [0.25, 0.3) is 121 Å². The number of fused-ring (bicyclic) bond motifs is 9. The number of benzene rings is 12. The van der Waals surface area contributed by atoms with E-state index >= 15 is 0 Å². The molecule has 0 spiro atoms. The third-order valence-electron chi connectivity index (χ3n) is 15.4. The van der Waals surface area contributed by atoms with E-state index in [4.69, 9.17) is 4.42 Å². The summed E-state index contributed by atoms with van der Waals surface area (Å²) in [6, 6.07) is 103. The Labute approximate surface area is 439 Å². The highest BCUT2D eigenvalue weighted by Gasteiger charge is 2.19. The zero-order valence-electron chi connectivity index (χ0n) is 41.4. The zero-order valence-corrected chi connectivity index (χ0v) is 41.4. The number of aromatic nitrogens is 2. The summed E-state index contributed by atoms with van der Waals surface area (Å²) >= 11 is 0. The van der Waals surface area contributed by atoms with Gasteiger partial charge in [-0.3, -0.25) is 0 Å². The van der Waals surface area contributed by atoms with Crippen molar-refractivity contribution in [2.75, 3.05) is 4.90 Å². The molecule has 0 aliphatic carbocycles. The monoisotopic (exact) mass is 969 g/mol. The molecule has 0 atom stereocenters. The van der Waals surface area contributed by atoms with Crippen molar-refractivity contribution in [1.29, 1.82) is 0 Å². The van der Waals surface area contributed by atoms with Crippen molar-refractivity contribution in [3.8, 4) is 55.9 Å². The Morgan fingerprint density at radius 2 is 0.658 bits per heavy atom. The van der Waals surface area contributed by atoms with Crippen molar-refractivity contribution in [1.82, 2.24) is 9.13 Å². The van der Waals surface area contributed by atoms with E-state index in [1.807, 2.05) is 12.1 Å². The summed E-state index contributed by atoms with van der Waals surface area (Å²) in [5.74, 6) is 0. The molecule has 0 saturated carbocycles. The molecule has 12 aromatic carbocycles. The lowest BCUT2D eigenvalue weighted by Gasteiger charge is -2.26. The van der Waals surface area contributed by atoms with Crippen LogP contribution in [0, 0.1) is 0 Å². The molecule has 3 heterocycles. The number of nitrogens with zero attached hydrogens (tertiary/aromatic N) is 3. The van der Waals surface area contributed by atoms with Gasteiger partial charge in [0.15, 0.2) is 0 Å². The highest BCUT2D eigenvalue weighted by Crippen LogP contribution is 2.42. The van der Waals surface area contributed by atoms with Crippen molar-refractivity contribution in [2.24, 2.45) is 0 Å². The maximum absolute atomic E-state index is 6.48. The van der Waals surface area contributed by atoms with Crippen molar-refractivity contribution in [3.63, 3.8) is 0 Å². The smallest absolute Gasteiger partial charge is 0.143 e. The molecule has 15 aromatic rings. The van der Waals surface area contributed by atoms with Crippen molar-refractivity contribution >= 4 is 82.6 Å². The van der Waals surface area contributed by atoms with Crippen LogP contribution in [0.4, 0.5) is 17.1 Å². The van der Waals surface area contributed by atoms with E-state index in [2.05, 4.69) is 287 Å². The summed E-state index contributed by atoms with van der Waals surface area (Å²) < 4.78 is 11.2. The second-order valence-corrected chi connectivity index (χ2v) is 19.7. The van der Waals surface area contributed by atoms with E-state index in [9.17, 15) is 0 Å². The highest BCUT2D eigenvalue weighted by atomic mass is 16.3. The molecule has 15 rings (SSSR count). The molecule has 4 nitrogen and oxygen atoms in total. The summed E-state index contributed by atoms with van der Waals surface area (Å²) in [7, 11) is 0. The van der Waals surface area contributed by atoms with Crippen LogP contribution in [0.5, 0.6) is 0 Å². The molecule has 4 heteroatoms. The Hall–Kier alpha value is -10.2. The first-order valence-corrected chi connectivity index (χ1v) is 26.0. The first-order valence-electron chi connectivity index (χ1n) is 26.0. The average Bonchev–Trinajstić information content (AvgIpc) is 4.17. The lowest BCUT2D eigenvalue weighted by Crippen LogP contribution is -2.09. The number of furan rings is 1. The average molecular weight is 970 g/mol. The fourth-order valence-electron chi connectivity index (χ4n) is 11.7. The molecule has 0 bridgehead atoms.